The number of nitrogens with zero attached hydrogens (tertiary/aromatic N) is 5. The Bertz CT molecular complexity index is 1430. The minimum atomic E-state index is -0.906. The van der Waals surface area contributed by atoms with Crippen molar-refractivity contribution in [3.8, 4) is 40.0 Å². The van der Waals surface area contributed by atoms with Crippen molar-refractivity contribution in [3.05, 3.63) is 76.5 Å². The van der Waals surface area contributed by atoms with Crippen molar-refractivity contribution in [1.82, 2.24) is 25.0 Å². The van der Waals surface area contributed by atoms with Gasteiger partial charge in [-0.2, -0.15) is 5.26 Å². The SMILES string of the molecule is CCC(C#N)(CC)n1cc(-c2cnc(C)c(-c3cc(-c4ccc(CNC)cc4)no3)n2)ccc1=O. The summed E-state index contributed by atoms with van der Waals surface area (Å²) < 4.78 is 7.15. The highest BCUT2D eigenvalue weighted by atomic mass is 16.5. The molecular formula is C27H28N6O2. The average molecular weight is 469 g/mol. The van der Waals surface area contributed by atoms with Crippen LogP contribution in [0.15, 0.2) is 64.2 Å². The second kappa shape index (κ2) is 10.0. The summed E-state index contributed by atoms with van der Waals surface area (Å²) in [4.78, 5) is 21.9. The number of rotatable bonds is 8. The van der Waals surface area contributed by atoms with E-state index in [1.54, 1.807) is 18.5 Å². The highest BCUT2D eigenvalue weighted by Gasteiger charge is 2.29. The smallest absolute Gasteiger partial charge is 0.251 e. The summed E-state index contributed by atoms with van der Waals surface area (Å²) in [6.45, 7) is 6.47. The first-order chi connectivity index (χ1) is 16.9. The fourth-order valence-corrected chi connectivity index (χ4v) is 4.12. The van der Waals surface area contributed by atoms with Gasteiger partial charge >= 0.3 is 0 Å². The molecule has 1 aromatic carbocycles. The molecule has 0 atom stereocenters. The maximum absolute atomic E-state index is 12.6. The quantitative estimate of drug-likeness (QED) is 0.399. The molecule has 0 aliphatic rings. The molecule has 8 nitrogen and oxygen atoms in total. The Morgan fingerprint density at radius 2 is 1.80 bits per heavy atom. The van der Waals surface area contributed by atoms with E-state index in [0.29, 0.717) is 46.9 Å². The minimum absolute atomic E-state index is 0.222. The summed E-state index contributed by atoms with van der Waals surface area (Å²) in [6, 6.07) is 15.5. The fraction of sp³-hybridized carbons (Fsp3) is 0.296. The summed E-state index contributed by atoms with van der Waals surface area (Å²) in [7, 11) is 1.91. The molecule has 178 valence electrons. The normalized spacial score (nSPS) is 11.4. The first-order valence-electron chi connectivity index (χ1n) is 11.6. The second-order valence-electron chi connectivity index (χ2n) is 8.47. The van der Waals surface area contributed by atoms with E-state index in [-0.39, 0.29) is 5.56 Å². The highest BCUT2D eigenvalue weighted by Crippen LogP contribution is 2.29. The van der Waals surface area contributed by atoms with E-state index in [0.717, 1.165) is 12.1 Å². The molecule has 8 heteroatoms. The van der Waals surface area contributed by atoms with E-state index < -0.39 is 5.54 Å². The van der Waals surface area contributed by atoms with Gasteiger partial charge in [-0.1, -0.05) is 43.3 Å². The van der Waals surface area contributed by atoms with Gasteiger partial charge < -0.3 is 9.84 Å². The van der Waals surface area contributed by atoms with Gasteiger partial charge in [0.2, 0.25) is 0 Å². The van der Waals surface area contributed by atoms with Gasteiger partial charge in [-0.05, 0) is 38.4 Å². The molecule has 0 spiro atoms. The van der Waals surface area contributed by atoms with Gasteiger partial charge in [0.05, 0.1) is 23.7 Å². The van der Waals surface area contributed by atoms with Crippen LogP contribution >= 0.6 is 0 Å². The van der Waals surface area contributed by atoms with E-state index in [9.17, 15) is 10.1 Å². The number of benzene rings is 1. The average Bonchev–Trinajstić information content (AvgIpc) is 3.37. The number of hydrogen-bond donors (Lipinski definition) is 1. The van der Waals surface area contributed by atoms with Crippen LogP contribution in [0.25, 0.3) is 34.0 Å². The third-order valence-corrected chi connectivity index (χ3v) is 6.38. The van der Waals surface area contributed by atoms with E-state index in [1.165, 1.54) is 16.2 Å². The van der Waals surface area contributed by atoms with Crippen LogP contribution in [-0.2, 0) is 12.1 Å². The first kappa shape index (κ1) is 24.0. The van der Waals surface area contributed by atoms with Gasteiger partial charge in [-0.25, -0.2) is 4.98 Å². The number of aromatic nitrogens is 4. The molecule has 0 bridgehead atoms. The lowest BCUT2D eigenvalue weighted by molar-refractivity contribution is 0.345. The van der Waals surface area contributed by atoms with E-state index >= 15 is 0 Å². The van der Waals surface area contributed by atoms with Gasteiger partial charge in [-0.15, -0.1) is 0 Å². The van der Waals surface area contributed by atoms with Crippen LogP contribution in [-0.4, -0.2) is 26.7 Å². The van der Waals surface area contributed by atoms with Crippen molar-refractivity contribution in [1.29, 1.82) is 5.26 Å². The van der Waals surface area contributed by atoms with Crippen LogP contribution in [0.1, 0.15) is 37.9 Å². The third kappa shape index (κ3) is 4.63. The van der Waals surface area contributed by atoms with Crippen molar-refractivity contribution in [3.63, 3.8) is 0 Å². The lowest BCUT2D eigenvalue weighted by Crippen LogP contribution is -2.38. The Kier molecular flexibility index (Phi) is 6.90. The highest BCUT2D eigenvalue weighted by molar-refractivity contribution is 5.68. The maximum Gasteiger partial charge on any atom is 0.251 e. The lowest BCUT2D eigenvalue weighted by atomic mass is 9.94. The molecule has 0 radical (unpaired) electrons. The standard InChI is InChI=1S/C27H28N6O2/c1-5-27(6-2,17-28)33-16-21(11-12-25(33)34)23-15-30-18(3)26(31-23)24-13-22(32-35-24)20-9-7-19(8-10-20)14-29-4/h7-13,15-16,29H,5-6,14H2,1-4H3. The molecule has 4 aromatic rings. The molecule has 0 unspecified atom stereocenters. The van der Waals surface area contributed by atoms with Crippen molar-refractivity contribution < 1.29 is 4.52 Å². The monoisotopic (exact) mass is 468 g/mol. The van der Waals surface area contributed by atoms with Crippen LogP contribution in [0.5, 0.6) is 0 Å². The Morgan fingerprint density at radius 3 is 2.46 bits per heavy atom. The molecule has 0 saturated heterocycles. The largest absolute Gasteiger partial charge is 0.354 e. The first-order valence-corrected chi connectivity index (χ1v) is 11.6. The molecular weight excluding hydrogens is 440 g/mol. The topological polar surface area (TPSA) is 110 Å². The van der Waals surface area contributed by atoms with Crippen LogP contribution in [0.3, 0.4) is 0 Å². The van der Waals surface area contributed by atoms with Crippen molar-refractivity contribution >= 4 is 0 Å². The van der Waals surface area contributed by atoms with Crippen molar-refractivity contribution in [2.45, 2.75) is 45.7 Å². The molecule has 1 N–H and O–H groups in total. The summed E-state index contributed by atoms with van der Waals surface area (Å²) in [6.07, 6.45) is 4.39. The van der Waals surface area contributed by atoms with Gasteiger partial charge in [0.25, 0.3) is 5.56 Å². The number of hydrogen-bond acceptors (Lipinski definition) is 7. The van der Waals surface area contributed by atoms with Crippen LogP contribution in [0.2, 0.25) is 0 Å². The molecule has 4 rings (SSSR count). The zero-order valence-corrected chi connectivity index (χ0v) is 20.4. The Hall–Kier alpha value is -4.09. The summed E-state index contributed by atoms with van der Waals surface area (Å²) >= 11 is 0. The molecule has 3 heterocycles. The third-order valence-electron chi connectivity index (χ3n) is 6.38. The number of aryl methyl sites for hydroxylation is 1. The Labute approximate surface area is 204 Å². The minimum Gasteiger partial charge on any atom is -0.354 e. The van der Waals surface area contributed by atoms with E-state index in [2.05, 4.69) is 33.7 Å². The molecule has 0 fully saturated rings. The number of pyridine rings is 1. The second-order valence-corrected chi connectivity index (χ2v) is 8.47. The number of nitriles is 1. The van der Waals surface area contributed by atoms with Gasteiger partial charge in [0.15, 0.2) is 5.76 Å². The predicted octanol–water partition coefficient (Wildman–Crippen LogP) is 4.69. The molecule has 3 aromatic heterocycles. The van der Waals surface area contributed by atoms with Gasteiger partial charge in [0, 0.05) is 36.0 Å². The summed E-state index contributed by atoms with van der Waals surface area (Å²) in [5, 5.41) is 17.2. The van der Waals surface area contributed by atoms with Crippen LogP contribution < -0.4 is 10.9 Å². The van der Waals surface area contributed by atoms with Crippen molar-refractivity contribution in [2.24, 2.45) is 0 Å². The Balaban J connectivity index is 1.71. The molecule has 0 aliphatic heterocycles. The van der Waals surface area contributed by atoms with Crippen LogP contribution in [0, 0.1) is 18.3 Å². The molecule has 0 saturated carbocycles. The van der Waals surface area contributed by atoms with E-state index in [1.807, 2.05) is 46.0 Å². The van der Waals surface area contributed by atoms with Crippen LogP contribution in [0.4, 0.5) is 0 Å². The zero-order chi connectivity index (χ0) is 25.0. The van der Waals surface area contributed by atoms with Gasteiger partial charge in [0.1, 0.15) is 16.9 Å². The molecule has 0 aliphatic carbocycles. The predicted molar refractivity (Wildman–Crippen MR) is 134 cm³/mol. The molecule has 0 amide bonds. The fourth-order valence-electron chi connectivity index (χ4n) is 4.12. The zero-order valence-electron chi connectivity index (χ0n) is 20.4. The summed E-state index contributed by atoms with van der Waals surface area (Å²) in [5.74, 6) is 0.507. The molecule has 35 heavy (non-hydrogen) atoms. The summed E-state index contributed by atoms with van der Waals surface area (Å²) in [5.41, 5.74) is 4.25. The lowest BCUT2D eigenvalue weighted by Gasteiger charge is -2.26. The Morgan fingerprint density at radius 1 is 1.09 bits per heavy atom. The number of nitrogens with one attached hydrogen (secondary N) is 1. The van der Waals surface area contributed by atoms with Crippen molar-refractivity contribution in [2.75, 3.05) is 7.05 Å². The van der Waals surface area contributed by atoms with Gasteiger partial charge in [-0.3, -0.25) is 14.3 Å². The van der Waals surface area contributed by atoms with E-state index in [4.69, 9.17) is 9.51 Å². The maximum atomic E-state index is 12.6.